The van der Waals surface area contributed by atoms with Crippen LogP contribution in [0.15, 0.2) is 36.5 Å². The highest BCUT2D eigenvalue weighted by Crippen LogP contribution is 2.44. The van der Waals surface area contributed by atoms with Crippen molar-refractivity contribution >= 4 is 44.7 Å². The number of hydrogen-bond acceptors (Lipinski definition) is 7. The molecule has 2 unspecified atom stereocenters. The van der Waals surface area contributed by atoms with Gasteiger partial charge in [-0.05, 0) is 46.1 Å². The van der Waals surface area contributed by atoms with E-state index in [-0.39, 0.29) is 17.0 Å². The van der Waals surface area contributed by atoms with Gasteiger partial charge < -0.3 is 14.8 Å². The van der Waals surface area contributed by atoms with Crippen LogP contribution in [0.3, 0.4) is 0 Å². The van der Waals surface area contributed by atoms with Gasteiger partial charge in [0.15, 0.2) is 5.82 Å². The number of nitrogens with one attached hydrogen (secondary N) is 2. The molecule has 2 aromatic heterocycles. The summed E-state index contributed by atoms with van der Waals surface area (Å²) in [5.41, 5.74) is 1.25. The Morgan fingerprint density at radius 1 is 1.19 bits per heavy atom. The Kier molecular flexibility index (Phi) is 7.39. The third-order valence-electron chi connectivity index (χ3n) is 6.67. The fraction of sp³-hybridized carbons (Fsp3) is 0.370. The summed E-state index contributed by atoms with van der Waals surface area (Å²) in [6.45, 7) is 7.74. The zero-order valence-electron chi connectivity index (χ0n) is 21.3. The molecule has 2 heterocycles. The summed E-state index contributed by atoms with van der Waals surface area (Å²) in [5, 5.41) is 5.49. The number of fused-ring (bicyclic) bond motifs is 1. The Balaban J connectivity index is 1.54. The van der Waals surface area contributed by atoms with E-state index < -0.39 is 16.8 Å². The van der Waals surface area contributed by atoms with Gasteiger partial charge in [-0.25, -0.2) is 23.6 Å². The Morgan fingerprint density at radius 3 is 2.65 bits per heavy atom. The molecule has 10 heteroatoms. The Hall–Kier alpha value is -3.11. The van der Waals surface area contributed by atoms with E-state index in [0.29, 0.717) is 39.6 Å². The first-order valence-electron chi connectivity index (χ1n) is 12.5. The summed E-state index contributed by atoms with van der Waals surface area (Å²) >= 11 is 1.46. The van der Waals surface area contributed by atoms with Crippen molar-refractivity contribution in [2.45, 2.75) is 64.7 Å². The maximum Gasteiger partial charge on any atom is 0.240 e. The standard InChI is InChI=1S/C27H30FN5O2S2/c1-5-15(2)30-27-29-14-13-21(32-27)25-26(31-17(4)36-25)35-24-16(3)22(28)23(19-11-6-7-12-20(19)24)33-37(34)18-9-8-10-18/h6-7,11-15,18,33H,5,8-10H2,1-4H3,(H,29,30,32). The molecule has 1 aliphatic carbocycles. The lowest BCUT2D eigenvalue weighted by molar-refractivity contribution is 0.463. The van der Waals surface area contributed by atoms with Crippen LogP contribution in [0.4, 0.5) is 16.0 Å². The summed E-state index contributed by atoms with van der Waals surface area (Å²) < 4.78 is 37.9. The Labute approximate surface area is 222 Å². The molecule has 2 atom stereocenters. The summed E-state index contributed by atoms with van der Waals surface area (Å²) in [6, 6.07) is 9.46. The molecule has 7 nitrogen and oxygen atoms in total. The molecule has 0 radical (unpaired) electrons. The lowest BCUT2D eigenvalue weighted by atomic mass is 10.0. The van der Waals surface area contributed by atoms with Crippen LogP contribution < -0.4 is 14.8 Å². The molecule has 1 aliphatic rings. The summed E-state index contributed by atoms with van der Waals surface area (Å²) in [7, 11) is -1.34. The minimum absolute atomic E-state index is 0.0579. The van der Waals surface area contributed by atoms with Gasteiger partial charge in [-0.1, -0.05) is 37.6 Å². The summed E-state index contributed by atoms with van der Waals surface area (Å²) in [5.74, 6) is 0.803. The predicted octanol–water partition coefficient (Wildman–Crippen LogP) is 7.14. The fourth-order valence-corrected chi connectivity index (χ4v) is 6.27. The number of benzene rings is 2. The number of aromatic nitrogens is 3. The fourth-order valence-electron chi connectivity index (χ4n) is 4.12. The van der Waals surface area contributed by atoms with E-state index in [2.05, 4.69) is 38.8 Å². The topological polar surface area (TPSA) is 89.0 Å². The summed E-state index contributed by atoms with van der Waals surface area (Å²) in [4.78, 5) is 14.4. The number of thiazole rings is 1. The minimum Gasteiger partial charge on any atom is -0.436 e. The van der Waals surface area contributed by atoms with Crippen molar-refractivity contribution in [1.82, 2.24) is 15.0 Å². The van der Waals surface area contributed by atoms with E-state index in [1.807, 2.05) is 37.3 Å². The molecule has 4 aromatic rings. The van der Waals surface area contributed by atoms with Crippen LogP contribution in [0, 0.1) is 19.7 Å². The molecule has 2 N–H and O–H groups in total. The second-order valence-electron chi connectivity index (χ2n) is 9.33. The molecular formula is C27H30FN5O2S2. The number of halogens is 1. The van der Waals surface area contributed by atoms with Crippen LogP contribution in [-0.2, 0) is 11.0 Å². The van der Waals surface area contributed by atoms with Gasteiger partial charge in [0.05, 0.1) is 21.6 Å². The molecule has 37 heavy (non-hydrogen) atoms. The highest BCUT2D eigenvalue weighted by molar-refractivity contribution is 7.87. The zero-order valence-corrected chi connectivity index (χ0v) is 22.9. The smallest absolute Gasteiger partial charge is 0.240 e. The van der Waals surface area contributed by atoms with Crippen molar-refractivity contribution in [2.24, 2.45) is 0 Å². The van der Waals surface area contributed by atoms with Gasteiger partial charge >= 0.3 is 0 Å². The monoisotopic (exact) mass is 539 g/mol. The highest BCUT2D eigenvalue weighted by Gasteiger charge is 2.27. The second kappa shape index (κ2) is 10.7. The lowest BCUT2D eigenvalue weighted by Gasteiger charge is -2.25. The number of aryl methyl sites for hydroxylation is 1. The number of hydrogen-bond donors (Lipinski definition) is 2. The normalized spacial score (nSPS) is 15.3. The molecule has 0 spiro atoms. The van der Waals surface area contributed by atoms with Crippen LogP contribution in [-0.4, -0.2) is 30.5 Å². The molecular weight excluding hydrogens is 509 g/mol. The van der Waals surface area contributed by atoms with Gasteiger partial charge in [0.25, 0.3) is 0 Å². The third-order valence-corrected chi connectivity index (χ3v) is 9.12. The lowest BCUT2D eigenvalue weighted by Crippen LogP contribution is -2.28. The van der Waals surface area contributed by atoms with Crippen molar-refractivity contribution in [1.29, 1.82) is 0 Å². The van der Waals surface area contributed by atoms with Gasteiger partial charge in [-0.3, -0.25) is 0 Å². The molecule has 5 rings (SSSR count). The highest BCUT2D eigenvalue weighted by atomic mass is 32.2. The number of ether oxygens (including phenoxy) is 1. The first-order valence-corrected chi connectivity index (χ1v) is 14.5. The van der Waals surface area contributed by atoms with Gasteiger partial charge in [0.2, 0.25) is 11.8 Å². The average Bonchev–Trinajstić information content (AvgIpc) is 3.23. The first kappa shape index (κ1) is 25.5. The van der Waals surface area contributed by atoms with Crippen molar-refractivity contribution < 1.29 is 13.3 Å². The van der Waals surface area contributed by atoms with Crippen molar-refractivity contribution in [3.8, 4) is 22.2 Å². The molecule has 194 valence electrons. The SMILES string of the molecule is CCC(C)Nc1nccc(-c2sc(C)nc2Oc2c(C)c(F)c(NS(=O)C3CCC3)c3ccccc23)n1. The van der Waals surface area contributed by atoms with Crippen LogP contribution in [0.25, 0.3) is 21.3 Å². The van der Waals surface area contributed by atoms with Gasteiger partial charge in [0.1, 0.15) is 21.6 Å². The quantitative estimate of drug-likeness (QED) is 0.235. The molecule has 0 saturated heterocycles. The minimum atomic E-state index is -1.34. The van der Waals surface area contributed by atoms with E-state index in [0.717, 1.165) is 35.6 Å². The molecule has 1 fully saturated rings. The number of nitrogens with zero attached hydrogens (tertiary/aromatic N) is 3. The predicted molar refractivity (Wildman–Crippen MR) is 149 cm³/mol. The van der Waals surface area contributed by atoms with E-state index in [1.54, 1.807) is 13.1 Å². The molecule has 0 bridgehead atoms. The Bertz CT molecular complexity index is 1470. The van der Waals surface area contributed by atoms with Gasteiger partial charge in [0, 0.05) is 28.6 Å². The maximum absolute atomic E-state index is 15.8. The third kappa shape index (κ3) is 5.17. The van der Waals surface area contributed by atoms with Crippen LogP contribution >= 0.6 is 11.3 Å². The van der Waals surface area contributed by atoms with Gasteiger partial charge in [-0.15, -0.1) is 11.3 Å². The van der Waals surface area contributed by atoms with Crippen molar-refractivity contribution in [3.63, 3.8) is 0 Å². The van der Waals surface area contributed by atoms with E-state index >= 15 is 4.39 Å². The van der Waals surface area contributed by atoms with Gasteiger partial charge in [-0.2, -0.15) is 0 Å². The average molecular weight is 540 g/mol. The number of rotatable bonds is 9. The summed E-state index contributed by atoms with van der Waals surface area (Å²) in [6.07, 6.45) is 5.49. The van der Waals surface area contributed by atoms with E-state index in [9.17, 15) is 4.21 Å². The van der Waals surface area contributed by atoms with Crippen molar-refractivity contribution in [2.75, 3.05) is 10.0 Å². The zero-order chi connectivity index (χ0) is 26.1. The van der Waals surface area contributed by atoms with E-state index in [4.69, 9.17) is 4.74 Å². The largest absolute Gasteiger partial charge is 0.436 e. The van der Waals surface area contributed by atoms with Crippen molar-refractivity contribution in [3.05, 3.63) is 52.9 Å². The molecule has 1 saturated carbocycles. The molecule has 2 aromatic carbocycles. The van der Waals surface area contributed by atoms with Crippen LogP contribution in [0.5, 0.6) is 11.6 Å². The van der Waals surface area contributed by atoms with Crippen LogP contribution in [0.2, 0.25) is 0 Å². The molecule has 0 amide bonds. The Morgan fingerprint density at radius 2 is 1.95 bits per heavy atom. The van der Waals surface area contributed by atoms with E-state index in [1.165, 1.54) is 11.3 Å². The molecule has 0 aliphatic heterocycles. The first-order chi connectivity index (χ1) is 17.9. The maximum atomic E-state index is 15.8. The number of anilines is 2. The van der Waals surface area contributed by atoms with Crippen LogP contribution in [0.1, 0.15) is 50.1 Å². The second-order valence-corrected chi connectivity index (χ2v) is 12.0.